The number of carbonyl (C=O) groups is 4. The number of rotatable bonds is 23. The van der Waals surface area contributed by atoms with E-state index in [1.54, 1.807) is 30.3 Å². The van der Waals surface area contributed by atoms with Gasteiger partial charge in [0.05, 0.1) is 31.7 Å². The first-order valence-corrected chi connectivity index (χ1v) is 28.3. The van der Waals surface area contributed by atoms with Crippen LogP contribution in [0.25, 0.3) is 32.1 Å². The summed E-state index contributed by atoms with van der Waals surface area (Å²) in [6.07, 6.45) is -20.0. The fourth-order valence-corrected chi connectivity index (χ4v) is 11.1. The van der Waals surface area contributed by atoms with Crippen molar-refractivity contribution in [2.75, 3.05) is 57.8 Å². The lowest BCUT2D eigenvalue weighted by molar-refractivity contribution is -0.294. The summed E-state index contributed by atoms with van der Waals surface area (Å²) in [5.41, 5.74) is 9.31. The van der Waals surface area contributed by atoms with Gasteiger partial charge in [-0.25, -0.2) is 9.59 Å². The normalized spacial score (nSPS) is 24.4. The van der Waals surface area contributed by atoms with Crippen molar-refractivity contribution < 1.29 is 105 Å². The number of fused-ring (bicyclic) bond motifs is 4. The van der Waals surface area contributed by atoms with Crippen LogP contribution in [0.2, 0.25) is 0 Å². The first-order chi connectivity index (χ1) is 40.5. The maximum absolute atomic E-state index is 14.8. The van der Waals surface area contributed by atoms with E-state index in [9.17, 15) is 68.4 Å². The number of carboxylic acids is 2. The number of aromatic amines is 1. The number of benzene rings is 4. The third-order valence-electron chi connectivity index (χ3n) is 14.4. The van der Waals surface area contributed by atoms with E-state index in [-0.39, 0.29) is 72.5 Å². The number of hydrogen-bond donors (Lipinski definition) is 9. The third-order valence-corrected chi connectivity index (χ3v) is 15.6. The molecule has 86 heavy (non-hydrogen) atoms. The minimum absolute atomic E-state index is 0.00920. The number of carboxylic acid groups (broad SMARTS) is 2. The van der Waals surface area contributed by atoms with Crippen LogP contribution in [0.15, 0.2) is 77.0 Å². The summed E-state index contributed by atoms with van der Waals surface area (Å²) in [4.78, 5) is 66.4. The number of ether oxygens (including phenoxy) is 5. The van der Waals surface area contributed by atoms with Crippen molar-refractivity contribution in [1.82, 2.24) is 9.88 Å². The van der Waals surface area contributed by atoms with Crippen LogP contribution in [0.5, 0.6) is 23.0 Å². The maximum atomic E-state index is 14.8. The van der Waals surface area contributed by atoms with Crippen LogP contribution in [0, 0.1) is 10.8 Å². The van der Waals surface area contributed by atoms with Crippen LogP contribution in [-0.4, -0.2) is 203 Å². The van der Waals surface area contributed by atoms with Crippen LogP contribution in [0.4, 0.5) is 5.69 Å². The number of anilines is 1. The molecule has 0 bridgehead atoms. The molecule has 0 unspecified atom stereocenters. The zero-order valence-corrected chi connectivity index (χ0v) is 48.8. The Morgan fingerprint density at radius 2 is 1.42 bits per heavy atom. The highest BCUT2D eigenvalue weighted by Crippen LogP contribution is 2.48. The molecule has 29 nitrogen and oxygen atoms in total. The van der Waals surface area contributed by atoms with Gasteiger partial charge in [-0.05, 0) is 89.0 Å². The number of aliphatic carboxylic acids is 2. The molecule has 0 aliphatic carbocycles. The van der Waals surface area contributed by atoms with E-state index in [2.05, 4.69) is 20.2 Å². The number of alkyl halides is 1. The van der Waals surface area contributed by atoms with Crippen molar-refractivity contribution in [2.45, 2.75) is 102 Å². The standard InChI is InChI=1S/C55H64ClN7O22S/c1-25(60-83-53-45(69)41(65)43(67)47(82-53)51(74)75)26-8-12-33-28(14-26)15-34(59-33)49(71)63-20-29(19-56)39-32-17-30(78-7)10-11-31(32)37(18-35(39)63)84-86(76,77)85-38-16-27(9-13-36(38)80-52-44(68)40(64)42(66)46(81-52)50(72)73)48(70)62(6)22-55(4,5)24-79-23-54(2,3)21-58-61-57/h8-18,29,40-47,52-53,59,64-69H,19-24H2,1-7H3,(H,72,73)(H,74,75)/b60-25+/t29-,40+,41+,42+,43+,44-,45-,46+,47+,52-,53+/m1/s1. The van der Waals surface area contributed by atoms with Crippen molar-refractivity contribution >= 4 is 78.8 Å². The molecule has 0 radical (unpaired) electrons. The molecule has 31 heteroatoms. The van der Waals surface area contributed by atoms with E-state index >= 15 is 0 Å². The average Bonchev–Trinajstić information content (AvgIpc) is 1.62. The van der Waals surface area contributed by atoms with Gasteiger partial charge in [0.15, 0.2) is 29.5 Å². The Bertz CT molecular complexity index is 3600. The zero-order chi connectivity index (χ0) is 62.9. The lowest BCUT2D eigenvalue weighted by Crippen LogP contribution is -2.61. The van der Waals surface area contributed by atoms with Gasteiger partial charge in [0.25, 0.3) is 18.1 Å². The predicted octanol–water partition coefficient (Wildman–Crippen LogP) is 3.37. The molecule has 1 aromatic heterocycles. The number of halogens is 1. The van der Waals surface area contributed by atoms with Crippen LogP contribution in [-0.2, 0) is 39.0 Å². The van der Waals surface area contributed by atoms with Gasteiger partial charge < -0.3 is 92.5 Å². The van der Waals surface area contributed by atoms with Crippen LogP contribution in [0.1, 0.15) is 72.5 Å². The van der Waals surface area contributed by atoms with E-state index in [4.69, 9.17) is 54.0 Å². The molecular formula is C55H64ClN7O22S. The molecule has 5 aromatic rings. The molecule has 0 saturated carbocycles. The van der Waals surface area contributed by atoms with Crippen molar-refractivity contribution in [3.63, 3.8) is 0 Å². The minimum Gasteiger partial charge on any atom is -0.497 e. The van der Waals surface area contributed by atoms with Gasteiger partial charge in [-0.3, -0.25) is 9.59 Å². The minimum atomic E-state index is -5.40. The number of H-pyrrole nitrogens is 1. The highest BCUT2D eigenvalue weighted by Gasteiger charge is 2.50. The SMILES string of the molecule is COc1ccc2c(OS(=O)(=O)Oc3cc(C(=O)N(C)CC(C)(C)COCC(C)(C)CN=[N+]=[N-])ccc3O[C@@H]3O[C@H](C(=O)O)[C@@H](O)[C@H](O)[C@H]3O)cc3c(c2c1)[C@H](CCl)CN3C(=O)c1cc2cc(/C(C)=N/O[C@@H]3O[C@H](C(=O)O)[C@@H](O)[C@H](O)[C@H]3O)ccc2[nH]1. The summed E-state index contributed by atoms with van der Waals surface area (Å²) in [6.45, 7) is 9.58. The van der Waals surface area contributed by atoms with E-state index in [1.807, 2.05) is 27.7 Å². The Kier molecular flexibility index (Phi) is 19.3. The Hall–Kier alpha value is -7.58. The van der Waals surface area contributed by atoms with Crippen molar-refractivity contribution in [1.29, 1.82) is 0 Å². The molecular weight excluding hydrogens is 1180 g/mol. The number of nitrogens with zero attached hydrogens (tertiary/aromatic N) is 6. The molecule has 8 rings (SSSR count). The van der Waals surface area contributed by atoms with E-state index < -0.39 is 124 Å². The molecule has 2 saturated heterocycles. The van der Waals surface area contributed by atoms with Crippen molar-refractivity contribution in [2.24, 2.45) is 21.1 Å². The van der Waals surface area contributed by atoms with Crippen molar-refractivity contribution in [3.8, 4) is 23.0 Å². The first kappa shape index (κ1) is 64.4. The number of aliphatic hydroxyl groups is 6. The van der Waals surface area contributed by atoms with Crippen LogP contribution < -0.4 is 22.7 Å². The second kappa shape index (κ2) is 25.8. The molecule has 4 aromatic carbocycles. The number of azide groups is 1. The Balaban J connectivity index is 1.10. The number of oxime groups is 1. The van der Waals surface area contributed by atoms with Crippen LogP contribution >= 0.6 is 11.6 Å². The Morgan fingerprint density at radius 1 is 0.791 bits per heavy atom. The van der Waals surface area contributed by atoms with Gasteiger partial charge in [0, 0.05) is 76.7 Å². The molecule has 3 aliphatic heterocycles. The van der Waals surface area contributed by atoms with Gasteiger partial charge in [0.1, 0.15) is 48.1 Å². The quantitative estimate of drug-likeness (QED) is 0.0113. The van der Waals surface area contributed by atoms with Gasteiger partial charge in [0.2, 0.25) is 6.29 Å². The molecule has 9 N–H and O–H groups in total. The van der Waals surface area contributed by atoms with E-state index in [1.165, 1.54) is 55.1 Å². The summed E-state index contributed by atoms with van der Waals surface area (Å²) >= 11 is 6.60. The number of carbonyl (C=O) groups excluding carboxylic acids is 2. The molecule has 4 heterocycles. The highest BCUT2D eigenvalue weighted by molar-refractivity contribution is 7.82. The van der Waals surface area contributed by atoms with Gasteiger partial charge in [-0.2, -0.15) is 0 Å². The number of hydrogen-bond acceptors (Lipinski definition) is 22. The van der Waals surface area contributed by atoms with E-state index in [0.29, 0.717) is 33.2 Å². The van der Waals surface area contributed by atoms with Gasteiger partial charge >= 0.3 is 22.3 Å². The molecule has 11 atom stereocenters. The fraction of sp³-hybridized carbons (Fsp3) is 0.473. The molecule has 2 fully saturated rings. The van der Waals surface area contributed by atoms with Crippen LogP contribution in [0.3, 0.4) is 0 Å². The maximum Gasteiger partial charge on any atom is 0.501 e. The summed E-state index contributed by atoms with van der Waals surface area (Å²) in [7, 11) is -2.51. The summed E-state index contributed by atoms with van der Waals surface area (Å²) in [5, 5.41) is 90.2. The second-order valence-electron chi connectivity index (χ2n) is 22.4. The topological polar surface area (TPSA) is 421 Å². The molecule has 2 amide bonds. The lowest BCUT2D eigenvalue weighted by Gasteiger charge is -2.38. The number of nitrogens with one attached hydrogen (secondary N) is 1. The van der Waals surface area contributed by atoms with Gasteiger partial charge in [-0.15, -0.1) is 20.0 Å². The predicted molar refractivity (Wildman–Crippen MR) is 302 cm³/mol. The second-order valence-corrected chi connectivity index (χ2v) is 23.9. The summed E-state index contributed by atoms with van der Waals surface area (Å²) in [5.74, 6) is -6.55. The monoisotopic (exact) mass is 1240 g/mol. The molecule has 464 valence electrons. The highest BCUT2D eigenvalue weighted by atomic mass is 35.5. The fourth-order valence-electron chi connectivity index (χ4n) is 10.1. The number of methoxy groups -OCH3 is 1. The number of aromatic nitrogens is 1. The lowest BCUT2D eigenvalue weighted by atomic mass is 9.92. The Labute approximate surface area is 495 Å². The van der Waals surface area contributed by atoms with Gasteiger partial charge in [-0.1, -0.05) is 44.0 Å². The largest absolute Gasteiger partial charge is 0.501 e. The Morgan fingerprint density at radius 3 is 2.06 bits per heavy atom. The van der Waals surface area contributed by atoms with E-state index in [0.717, 1.165) is 12.1 Å². The molecule has 0 spiro atoms. The number of aliphatic hydroxyl groups excluding tert-OH is 6. The molecule has 3 aliphatic rings. The van der Waals surface area contributed by atoms with Crippen molar-refractivity contribution in [3.05, 3.63) is 99.6 Å². The zero-order valence-electron chi connectivity index (χ0n) is 47.2. The average molecular weight is 1240 g/mol. The summed E-state index contributed by atoms with van der Waals surface area (Å²) in [6, 6.07) is 15.6. The smallest absolute Gasteiger partial charge is 0.497 e. The first-order valence-electron chi connectivity index (χ1n) is 26.5. The summed E-state index contributed by atoms with van der Waals surface area (Å²) < 4.78 is 68.0. The third kappa shape index (κ3) is 14.0. The number of amides is 2.